The molecule has 0 aromatic heterocycles. The molecule has 0 bridgehead atoms. The zero-order valence-corrected chi connectivity index (χ0v) is 9.45. The Morgan fingerprint density at radius 1 is 1.44 bits per heavy atom. The highest BCUT2D eigenvalue weighted by atomic mass is 32.2. The zero-order valence-electron chi connectivity index (χ0n) is 8.64. The minimum Gasteiger partial charge on any atom is -0.329 e. The van der Waals surface area contributed by atoms with Gasteiger partial charge < -0.3 is 5.73 Å². The van der Waals surface area contributed by atoms with Crippen molar-refractivity contribution < 1.29 is 12.8 Å². The summed E-state index contributed by atoms with van der Waals surface area (Å²) in [5.74, 6) is -0.524. The van der Waals surface area contributed by atoms with Gasteiger partial charge in [-0.05, 0) is 18.6 Å². The number of anilines is 1. The van der Waals surface area contributed by atoms with Gasteiger partial charge in [0.2, 0.25) is 10.0 Å². The predicted molar refractivity (Wildman–Crippen MR) is 60.1 cm³/mol. The normalized spacial score (nSPS) is 23.6. The van der Waals surface area contributed by atoms with Crippen molar-refractivity contribution in [1.29, 1.82) is 0 Å². The van der Waals surface area contributed by atoms with Gasteiger partial charge in [-0.1, -0.05) is 12.1 Å². The van der Waals surface area contributed by atoms with Crippen LogP contribution in [0.1, 0.15) is 6.42 Å². The summed E-state index contributed by atoms with van der Waals surface area (Å²) in [4.78, 5) is 0. The molecule has 4 nitrogen and oxygen atoms in total. The van der Waals surface area contributed by atoms with Gasteiger partial charge in [0.05, 0.1) is 10.9 Å². The Labute approximate surface area is 93.9 Å². The average molecular weight is 244 g/mol. The van der Waals surface area contributed by atoms with Gasteiger partial charge in [-0.3, -0.25) is 4.31 Å². The fraction of sp³-hybridized carbons (Fsp3) is 0.400. The molecule has 1 fully saturated rings. The molecule has 2 N–H and O–H groups in total. The van der Waals surface area contributed by atoms with Crippen LogP contribution in [0.5, 0.6) is 0 Å². The van der Waals surface area contributed by atoms with E-state index in [4.69, 9.17) is 5.73 Å². The molecule has 1 aromatic rings. The first-order chi connectivity index (χ1) is 7.57. The van der Waals surface area contributed by atoms with E-state index in [1.54, 1.807) is 6.07 Å². The van der Waals surface area contributed by atoms with Crippen molar-refractivity contribution in [3.63, 3.8) is 0 Å². The van der Waals surface area contributed by atoms with Crippen molar-refractivity contribution in [3.05, 3.63) is 30.1 Å². The lowest BCUT2D eigenvalue weighted by Gasteiger charge is -2.18. The molecule has 1 atom stereocenters. The van der Waals surface area contributed by atoms with Gasteiger partial charge in [0.25, 0.3) is 0 Å². The maximum atomic E-state index is 13.5. The van der Waals surface area contributed by atoms with E-state index in [9.17, 15) is 12.8 Å². The molecule has 1 unspecified atom stereocenters. The van der Waals surface area contributed by atoms with Crippen LogP contribution in [-0.4, -0.2) is 26.8 Å². The first-order valence-electron chi connectivity index (χ1n) is 5.03. The number of benzene rings is 1. The van der Waals surface area contributed by atoms with E-state index in [1.807, 2.05) is 0 Å². The first kappa shape index (κ1) is 11.3. The lowest BCUT2D eigenvalue weighted by atomic mass is 10.2. The number of nitrogens with zero attached hydrogens (tertiary/aromatic N) is 1. The number of halogens is 1. The molecule has 1 aliphatic heterocycles. The predicted octanol–water partition coefficient (Wildman–Crippen LogP) is 0.693. The fourth-order valence-electron chi connectivity index (χ4n) is 1.87. The largest absolute Gasteiger partial charge is 0.329 e. The average Bonchev–Trinajstić information content (AvgIpc) is 2.54. The van der Waals surface area contributed by atoms with Crippen LogP contribution in [0.2, 0.25) is 0 Å². The molecule has 1 saturated heterocycles. The Balaban J connectivity index is 2.42. The summed E-state index contributed by atoms with van der Waals surface area (Å²) in [5, 5.41) is -0.591. The van der Waals surface area contributed by atoms with Crippen LogP contribution in [0.4, 0.5) is 10.1 Å². The zero-order chi connectivity index (χ0) is 11.8. The van der Waals surface area contributed by atoms with Gasteiger partial charge >= 0.3 is 0 Å². The van der Waals surface area contributed by atoms with Gasteiger partial charge in [0.15, 0.2) is 0 Å². The van der Waals surface area contributed by atoms with Crippen LogP contribution in [-0.2, 0) is 10.0 Å². The molecule has 0 spiro atoms. The summed E-state index contributed by atoms with van der Waals surface area (Å²) in [6.07, 6.45) is 0.452. The molecule has 1 heterocycles. The Kier molecular flexibility index (Phi) is 2.86. The van der Waals surface area contributed by atoms with Crippen LogP contribution >= 0.6 is 0 Å². The summed E-state index contributed by atoms with van der Waals surface area (Å²) in [6, 6.07) is 5.86. The molecule has 0 saturated carbocycles. The summed E-state index contributed by atoms with van der Waals surface area (Å²) in [5.41, 5.74) is 5.50. The van der Waals surface area contributed by atoms with Crippen LogP contribution in [0.25, 0.3) is 0 Å². The van der Waals surface area contributed by atoms with Gasteiger partial charge in [0.1, 0.15) is 5.82 Å². The van der Waals surface area contributed by atoms with Crippen molar-refractivity contribution in [2.45, 2.75) is 11.7 Å². The lowest BCUT2D eigenvalue weighted by Crippen LogP contribution is -2.33. The van der Waals surface area contributed by atoms with E-state index < -0.39 is 21.1 Å². The van der Waals surface area contributed by atoms with Crippen LogP contribution in [0.3, 0.4) is 0 Å². The molecule has 6 heteroatoms. The van der Waals surface area contributed by atoms with E-state index in [2.05, 4.69) is 0 Å². The second-order valence-corrected chi connectivity index (χ2v) is 5.85. The van der Waals surface area contributed by atoms with Crippen LogP contribution in [0, 0.1) is 5.82 Å². The SMILES string of the molecule is NCC1CCN(c2ccccc2F)S1(=O)=O. The molecule has 0 amide bonds. The highest BCUT2D eigenvalue weighted by molar-refractivity contribution is 7.93. The quantitative estimate of drug-likeness (QED) is 0.832. The van der Waals surface area contributed by atoms with Crippen molar-refractivity contribution in [2.75, 3.05) is 17.4 Å². The molecular weight excluding hydrogens is 231 g/mol. The minimum atomic E-state index is -3.49. The molecule has 88 valence electrons. The smallest absolute Gasteiger partial charge is 0.239 e. The molecule has 0 radical (unpaired) electrons. The van der Waals surface area contributed by atoms with Gasteiger partial charge in [-0.25, -0.2) is 12.8 Å². The monoisotopic (exact) mass is 244 g/mol. The number of hydrogen-bond donors (Lipinski definition) is 1. The maximum Gasteiger partial charge on any atom is 0.239 e. The van der Waals surface area contributed by atoms with Crippen molar-refractivity contribution in [1.82, 2.24) is 0 Å². The van der Waals surface area contributed by atoms with E-state index in [1.165, 1.54) is 18.2 Å². The standard InChI is InChI=1S/C10H13FN2O2S/c11-9-3-1-2-4-10(9)13-6-5-8(7-12)16(13,14)15/h1-4,8H,5-7,12H2. The molecule has 16 heavy (non-hydrogen) atoms. The van der Waals surface area contributed by atoms with E-state index in [0.717, 1.165) is 4.31 Å². The summed E-state index contributed by atoms with van der Waals surface area (Å²) < 4.78 is 38.5. The number of rotatable bonds is 2. The third-order valence-electron chi connectivity index (χ3n) is 2.77. The summed E-state index contributed by atoms with van der Waals surface area (Å²) in [6.45, 7) is 0.373. The molecule has 1 aromatic carbocycles. The highest BCUT2D eigenvalue weighted by Crippen LogP contribution is 2.29. The Morgan fingerprint density at radius 2 is 2.12 bits per heavy atom. The van der Waals surface area contributed by atoms with Gasteiger partial charge in [-0.15, -0.1) is 0 Å². The van der Waals surface area contributed by atoms with Crippen molar-refractivity contribution >= 4 is 15.7 Å². The van der Waals surface area contributed by atoms with Crippen LogP contribution in [0.15, 0.2) is 24.3 Å². The van der Waals surface area contributed by atoms with E-state index in [0.29, 0.717) is 13.0 Å². The fourth-order valence-corrected chi connectivity index (χ4v) is 3.66. The van der Waals surface area contributed by atoms with Crippen molar-refractivity contribution in [2.24, 2.45) is 5.73 Å². The van der Waals surface area contributed by atoms with Crippen LogP contribution < -0.4 is 10.0 Å². The molecule has 1 aliphatic rings. The topological polar surface area (TPSA) is 63.4 Å². The lowest BCUT2D eigenvalue weighted by molar-refractivity contribution is 0.585. The third kappa shape index (κ3) is 1.68. The molecular formula is C10H13FN2O2S. The summed E-state index contributed by atoms with van der Waals surface area (Å²) >= 11 is 0. The maximum absolute atomic E-state index is 13.5. The number of para-hydroxylation sites is 1. The number of sulfonamides is 1. The highest BCUT2D eigenvalue weighted by Gasteiger charge is 2.38. The Bertz CT molecular complexity index is 489. The van der Waals surface area contributed by atoms with E-state index >= 15 is 0 Å². The van der Waals surface area contributed by atoms with E-state index in [-0.39, 0.29) is 12.2 Å². The number of nitrogens with two attached hydrogens (primary N) is 1. The molecule has 0 aliphatic carbocycles. The number of hydrogen-bond acceptors (Lipinski definition) is 3. The molecule has 2 rings (SSSR count). The van der Waals surface area contributed by atoms with Crippen molar-refractivity contribution in [3.8, 4) is 0 Å². The van der Waals surface area contributed by atoms with Gasteiger partial charge in [0, 0.05) is 13.1 Å². The Hall–Kier alpha value is -1.14. The van der Waals surface area contributed by atoms with Gasteiger partial charge in [-0.2, -0.15) is 0 Å². The summed E-state index contributed by atoms with van der Waals surface area (Å²) in [7, 11) is -3.49. The second-order valence-electron chi connectivity index (χ2n) is 3.71. The third-order valence-corrected chi connectivity index (χ3v) is 5.03. The Morgan fingerprint density at radius 3 is 2.69 bits per heavy atom. The minimum absolute atomic E-state index is 0.0767. The first-order valence-corrected chi connectivity index (χ1v) is 6.54. The second kappa shape index (κ2) is 4.03.